The van der Waals surface area contributed by atoms with Gasteiger partial charge in [-0.2, -0.15) is 0 Å². The van der Waals surface area contributed by atoms with Gasteiger partial charge in [-0.15, -0.1) is 0 Å². The molecule has 1 aliphatic rings. The van der Waals surface area contributed by atoms with Gasteiger partial charge in [0.25, 0.3) is 0 Å². The fourth-order valence-corrected chi connectivity index (χ4v) is 3.29. The standard InChI is InChI=1S/C21H27N3O2S/c1-3-24(4-2)14-18-8-6-5-7-17(18)13-23-21(27)22-12-16-9-10-19-20(11-16)26-15-25-19/h5-11H,3-4,12-15H2,1-2H3,(H2,22,23,27)/p+1. The number of thiocarbonyl (C=S) groups is 1. The van der Waals surface area contributed by atoms with Crippen molar-refractivity contribution < 1.29 is 14.4 Å². The van der Waals surface area contributed by atoms with Gasteiger partial charge in [-0.1, -0.05) is 30.3 Å². The minimum Gasteiger partial charge on any atom is -0.454 e. The van der Waals surface area contributed by atoms with Gasteiger partial charge in [0.2, 0.25) is 6.79 Å². The molecular formula is C21H28N3O2S+. The third-order valence-electron chi connectivity index (χ3n) is 4.89. The second-order valence-corrected chi connectivity index (χ2v) is 7.03. The Kier molecular flexibility index (Phi) is 6.90. The lowest BCUT2D eigenvalue weighted by atomic mass is 10.1. The molecule has 1 aliphatic heterocycles. The first-order valence-corrected chi connectivity index (χ1v) is 9.91. The lowest BCUT2D eigenvalue weighted by Gasteiger charge is -2.18. The Balaban J connectivity index is 1.50. The van der Waals surface area contributed by atoms with Crippen LogP contribution in [0.5, 0.6) is 11.5 Å². The van der Waals surface area contributed by atoms with E-state index in [4.69, 9.17) is 21.7 Å². The van der Waals surface area contributed by atoms with Crippen molar-refractivity contribution in [3.8, 4) is 11.5 Å². The van der Waals surface area contributed by atoms with Crippen molar-refractivity contribution in [2.75, 3.05) is 19.9 Å². The van der Waals surface area contributed by atoms with Crippen molar-refractivity contribution in [1.29, 1.82) is 0 Å². The zero-order valence-electron chi connectivity index (χ0n) is 16.0. The molecule has 5 nitrogen and oxygen atoms in total. The summed E-state index contributed by atoms with van der Waals surface area (Å²) in [6.45, 7) is 9.44. The monoisotopic (exact) mass is 386 g/mol. The molecule has 0 atom stereocenters. The van der Waals surface area contributed by atoms with E-state index in [-0.39, 0.29) is 0 Å². The van der Waals surface area contributed by atoms with Crippen LogP contribution in [0, 0.1) is 0 Å². The molecule has 0 saturated heterocycles. The van der Waals surface area contributed by atoms with Crippen LogP contribution in [0.4, 0.5) is 0 Å². The molecular weight excluding hydrogens is 358 g/mol. The molecule has 3 N–H and O–H groups in total. The molecule has 6 heteroatoms. The van der Waals surface area contributed by atoms with Crippen LogP contribution in [0.2, 0.25) is 0 Å². The van der Waals surface area contributed by atoms with Gasteiger partial charge in [0.05, 0.1) is 13.1 Å². The first-order valence-electron chi connectivity index (χ1n) is 9.50. The van der Waals surface area contributed by atoms with Crippen molar-refractivity contribution >= 4 is 17.3 Å². The van der Waals surface area contributed by atoms with Crippen molar-refractivity contribution in [1.82, 2.24) is 10.6 Å². The second-order valence-electron chi connectivity index (χ2n) is 6.63. The Morgan fingerprint density at radius 1 is 0.963 bits per heavy atom. The second kappa shape index (κ2) is 9.58. The maximum absolute atomic E-state index is 5.45. The molecule has 0 fully saturated rings. The van der Waals surface area contributed by atoms with Gasteiger partial charge in [0.1, 0.15) is 6.54 Å². The summed E-state index contributed by atoms with van der Waals surface area (Å²) in [6, 6.07) is 14.5. The van der Waals surface area contributed by atoms with Gasteiger partial charge < -0.3 is 25.0 Å². The van der Waals surface area contributed by atoms with Crippen LogP contribution < -0.4 is 25.0 Å². The molecule has 2 aromatic carbocycles. The predicted molar refractivity (Wildman–Crippen MR) is 111 cm³/mol. The molecule has 0 aromatic heterocycles. The van der Waals surface area contributed by atoms with Crippen molar-refractivity contribution in [3.63, 3.8) is 0 Å². The van der Waals surface area contributed by atoms with Crippen LogP contribution in [0.25, 0.3) is 0 Å². The van der Waals surface area contributed by atoms with Gasteiger partial charge in [0.15, 0.2) is 16.6 Å². The summed E-state index contributed by atoms with van der Waals surface area (Å²) in [5.74, 6) is 1.59. The Morgan fingerprint density at radius 2 is 1.67 bits per heavy atom. The molecule has 0 saturated carbocycles. The summed E-state index contributed by atoms with van der Waals surface area (Å²) in [6.07, 6.45) is 0. The first-order chi connectivity index (χ1) is 13.2. The molecule has 0 spiro atoms. The number of hydrogen-bond donors (Lipinski definition) is 3. The number of ether oxygens (including phenoxy) is 2. The van der Waals surface area contributed by atoms with E-state index in [0.29, 0.717) is 18.5 Å². The van der Waals surface area contributed by atoms with Crippen molar-refractivity contribution in [2.24, 2.45) is 0 Å². The Labute approximate surface area is 166 Å². The predicted octanol–water partition coefficient (Wildman–Crippen LogP) is 2.00. The highest BCUT2D eigenvalue weighted by molar-refractivity contribution is 7.80. The average molecular weight is 387 g/mol. The van der Waals surface area contributed by atoms with Gasteiger partial charge >= 0.3 is 0 Å². The highest BCUT2D eigenvalue weighted by Crippen LogP contribution is 2.32. The summed E-state index contributed by atoms with van der Waals surface area (Å²) >= 11 is 5.45. The van der Waals surface area contributed by atoms with Crippen LogP contribution in [0.1, 0.15) is 30.5 Å². The Hall–Kier alpha value is -2.31. The fraction of sp³-hybridized carbons (Fsp3) is 0.381. The smallest absolute Gasteiger partial charge is 0.231 e. The average Bonchev–Trinajstić information content (AvgIpc) is 3.17. The van der Waals surface area contributed by atoms with Crippen LogP contribution in [0.15, 0.2) is 42.5 Å². The molecule has 1 heterocycles. The molecule has 0 amide bonds. The molecule has 3 rings (SSSR count). The number of benzene rings is 2. The Morgan fingerprint density at radius 3 is 2.44 bits per heavy atom. The number of quaternary nitrogens is 1. The van der Waals surface area contributed by atoms with Crippen LogP contribution in [-0.2, 0) is 19.6 Å². The van der Waals surface area contributed by atoms with E-state index in [1.165, 1.54) is 11.1 Å². The number of fused-ring (bicyclic) bond motifs is 1. The van der Waals surface area contributed by atoms with E-state index in [0.717, 1.165) is 43.2 Å². The van der Waals surface area contributed by atoms with Gasteiger partial charge in [-0.3, -0.25) is 0 Å². The maximum Gasteiger partial charge on any atom is 0.231 e. The normalized spacial score (nSPS) is 12.3. The molecule has 0 radical (unpaired) electrons. The summed E-state index contributed by atoms with van der Waals surface area (Å²) < 4.78 is 10.8. The minimum atomic E-state index is 0.292. The quantitative estimate of drug-likeness (QED) is 0.606. The lowest BCUT2D eigenvalue weighted by Crippen LogP contribution is -3.10. The maximum atomic E-state index is 5.45. The number of rotatable bonds is 8. The SMILES string of the molecule is CC[NH+](CC)Cc1ccccc1CNC(=S)NCc1ccc2c(c1)OCO2. The van der Waals surface area contributed by atoms with Gasteiger partial charge in [-0.05, 0) is 49.3 Å². The van der Waals surface area contributed by atoms with Crippen LogP contribution in [-0.4, -0.2) is 25.0 Å². The van der Waals surface area contributed by atoms with E-state index in [9.17, 15) is 0 Å². The Bertz CT molecular complexity index is 778. The highest BCUT2D eigenvalue weighted by Gasteiger charge is 2.13. The van der Waals surface area contributed by atoms with E-state index in [1.807, 2.05) is 18.2 Å². The van der Waals surface area contributed by atoms with Crippen molar-refractivity contribution in [3.05, 3.63) is 59.2 Å². The van der Waals surface area contributed by atoms with Crippen LogP contribution in [0.3, 0.4) is 0 Å². The largest absolute Gasteiger partial charge is 0.454 e. The number of hydrogen-bond acceptors (Lipinski definition) is 3. The summed E-state index contributed by atoms with van der Waals surface area (Å²) in [5.41, 5.74) is 3.78. The minimum absolute atomic E-state index is 0.292. The van der Waals surface area contributed by atoms with Crippen molar-refractivity contribution in [2.45, 2.75) is 33.5 Å². The topological polar surface area (TPSA) is 47.0 Å². The number of nitrogens with one attached hydrogen (secondary N) is 3. The molecule has 0 unspecified atom stereocenters. The van der Waals surface area contributed by atoms with Crippen LogP contribution >= 0.6 is 12.2 Å². The highest BCUT2D eigenvalue weighted by atomic mass is 32.1. The molecule has 0 aliphatic carbocycles. The molecule has 27 heavy (non-hydrogen) atoms. The molecule has 0 bridgehead atoms. The van der Waals surface area contributed by atoms with Gasteiger partial charge in [0, 0.05) is 18.7 Å². The van der Waals surface area contributed by atoms with E-state index in [1.54, 1.807) is 4.90 Å². The molecule has 2 aromatic rings. The van der Waals surface area contributed by atoms with E-state index in [2.05, 4.69) is 48.7 Å². The summed E-state index contributed by atoms with van der Waals surface area (Å²) in [5, 5.41) is 7.24. The van der Waals surface area contributed by atoms with E-state index < -0.39 is 0 Å². The van der Waals surface area contributed by atoms with E-state index >= 15 is 0 Å². The third kappa shape index (κ3) is 5.34. The first kappa shape index (κ1) is 19.5. The van der Waals surface area contributed by atoms with Gasteiger partial charge in [-0.25, -0.2) is 0 Å². The molecule has 144 valence electrons. The summed E-state index contributed by atoms with van der Waals surface area (Å²) in [7, 11) is 0. The third-order valence-corrected chi connectivity index (χ3v) is 5.18. The lowest BCUT2D eigenvalue weighted by molar-refractivity contribution is -0.910. The fourth-order valence-electron chi connectivity index (χ4n) is 3.14. The zero-order chi connectivity index (χ0) is 19.1. The zero-order valence-corrected chi connectivity index (χ0v) is 16.8. The summed E-state index contributed by atoms with van der Waals surface area (Å²) in [4.78, 5) is 1.57.